The van der Waals surface area contributed by atoms with Gasteiger partial charge in [-0.1, -0.05) is 39.7 Å². The van der Waals surface area contributed by atoms with E-state index < -0.39 is 0 Å². The third kappa shape index (κ3) is 6.19. The highest BCUT2D eigenvalue weighted by molar-refractivity contribution is 9.10. The SMILES string of the molecule is COc1ccc(Br)c(CNCCCCO)c1OCc1cccc(Cl)c1. The average molecular weight is 429 g/mol. The van der Waals surface area contributed by atoms with Crippen molar-refractivity contribution in [3.8, 4) is 11.5 Å². The van der Waals surface area contributed by atoms with Gasteiger partial charge in [0.15, 0.2) is 11.5 Å². The van der Waals surface area contributed by atoms with Crippen LogP contribution in [-0.4, -0.2) is 25.4 Å². The molecule has 0 aliphatic heterocycles. The molecule has 6 heteroatoms. The molecule has 2 rings (SSSR count). The number of aliphatic hydroxyl groups is 1. The van der Waals surface area contributed by atoms with E-state index in [4.69, 9.17) is 26.2 Å². The summed E-state index contributed by atoms with van der Waals surface area (Å²) in [7, 11) is 1.63. The van der Waals surface area contributed by atoms with Crippen molar-refractivity contribution in [3.63, 3.8) is 0 Å². The van der Waals surface area contributed by atoms with Gasteiger partial charge in [-0.25, -0.2) is 0 Å². The van der Waals surface area contributed by atoms with Crippen LogP contribution < -0.4 is 14.8 Å². The summed E-state index contributed by atoms with van der Waals surface area (Å²) in [4.78, 5) is 0. The van der Waals surface area contributed by atoms with E-state index >= 15 is 0 Å². The molecule has 0 radical (unpaired) electrons. The van der Waals surface area contributed by atoms with Crippen LogP contribution in [0.2, 0.25) is 5.02 Å². The monoisotopic (exact) mass is 427 g/mol. The Morgan fingerprint density at radius 2 is 2.04 bits per heavy atom. The number of rotatable bonds is 10. The maximum atomic E-state index is 8.86. The van der Waals surface area contributed by atoms with Crippen molar-refractivity contribution in [3.05, 3.63) is 57.0 Å². The predicted octanol–water partition coefficient (Wildman–Crippen LogP) is 4.55. The van der Waals surface area contributed by atoms with E-state index in [-0.39, 0.29) is 6.61 Å². The number of ether oxygens (including phenoxy) is 2. The smallest absolute Gasteiger partial charge is 0.167 e. The molecular formula is C19H23BrClNO3. The van der Waals surface area contributed by atoms with Crippen LogP contribution in [-0.2, 0) is 13.2 Å². The van der Waals surface area contributed by atoms with Crippen molar-refractivity contribution in [1.29, 1.82) is 0 Å². The summed E-state index contributed by atoms with van der Waals surface area (Å²) in [5.41, 5.74) is 2.00. The minimum absolute atomic E-state index is 0.221. The molecule has 2 aromatic carbocycles. The first-order valence-electron chi connectivity index (χ1n) is 8.20. The Labute approximate surface area is 162 Å². The van der Waals surface area contributed by atoms with Gasteiger partial charge in [0.2, 0.25) is 0 Å². The molecule has 0 atom stereocenters. The Morgan fingerprint density at radius 3 is 2.76 bits per heavy atom. The molecule has 0 saturated heterocycles. The quantitative estimate of drug-likeness (QED) is 0.545. The van der Waals surface area contributed by atoms with Crippen LogP contribution in [0.15, 0.2) is 40.9 Å². The van der Waals surface area contributed by atoms with Gasteiger partial charge in [-0.15, -0.1) is 0 Å². The Hall–Kier alpha value is -1.27. The van der Waals surface area contributed by atoms with E-state index in [9.17, 15) is 0 Å². The number of benzene rings is 2. The van der Waals surface area contributed by atoms with E-state index in [0.29, 0.717) is 29.7 Å². The molecule has 0 spiro atoms. The maximum absolute atomic E-state index is 8.86. The van der Waals surface area contributed by atoms with Gasteiger partial charge in [-0.05, 0) is 49.2 Å². The molecule has 0 bridgehead atoms. The molecule has 0 amide bonds. The van der Waals surface area contributed by atoms with Gasteiger partial charge >= 0.3 is 0 Å². The fraction of sp³-hybridized carbons (Fsp3) is 0.368. The van der Waals surface area contributed by atoms with Crippen LogP contribution in [0.4, 0.5) is 0 Å². The van der Waals surface area contributed by atoms with Crippen LogP contribution in [0.1, 0.15) is 24.0 Å². The van der Waals surface area contributed by atoms with Crippen molar-refractivity contribution in [1.82, 2.24) is 5.32 Å². The van der Waals surface area contributed by atoms with Gasteiger partial charge in [0.05, 0.1) is 7.11 Å². The molecule has 0 heterocycles. The molecule has 0 fully saturated rings. The molecule has 0 aliphatic carbocycles. The molecule has 25 heavy (non-hydrogen) atoms. The van der Waals surface area contributed by atoms with Gasteiger partial charge in [0.25, 0.3) is 0 Å². The molecule has 136 valence electrons. The Kier molecular flexibility index (Phi) is 8.55. The summed E-state index contributed by atoms with van der Waals surface area (Å²) in [6, 6.07) is 11.4. The van der Waals surface area contributed by atoms with Crippen molar-refractivity contribution in [2.45, 2.75) is 26.0 Å². The second-order valence-electron chi connectivity index (χ2n) is 5.58. The predicted molar refractivity (Wildman–Crippen MR) is 105 cm³/mol. The first kappa shape index (κ1) is 20.0. The number of hydrogen-bond acceptors (Lipinski definition) is 4. The first-order chi connectivity index (χ1) is 12.2. The van der Waals surface area contributed by atoms with E-state index in [1.165, 1.54) is 0 Å². The molecule has 0 aliphatic rings. The highest BCUT2D eigenvalue weighted by Crippen LogP contribution is 2.36. The fourth-order valence-electron chi connectivity index (χ4n) is 2.42. The van der Waals surface area contributed by atoms with Gasteiger partial charge in [-0.2, -0.15) is 0 Å². The molecular weight excluding hydrogens is 406 g/mol. The van der Waals surface area contributed by atoms with Crippen molar-refractivity contribution in [2.75, 3.05) is 20.3 Å². The first-order valence-corrected chi connectivity index (χ1v) is 9.37. The third-order valence-corrected chi connectivity index (χ3v) is 4.70. The summed E-state index contributed by atoms with van der Waals surface area (Å²) < 4.78 is 12.5. The summed E-state index contributed by atoms with van der Waals surface area (Å²) in [6.07, 6.45) is 1.72. The summed E-state index contributed by atoms with van der Waals surface area (Å²) in [5.74, 6) is 1.41. The van der Waals surface area contributed by atoms with Crippen molar-refractivity contribution in [2.24, 2.45) is 0 Å². The molecule has 2 aromatic rings. The molecule has 0 aromatic heterocycles. The van der Waals surface area contributed by atoms with E-state index in [0.717, 1.165) is 35.0 Å². The molecule has 2 N–H and O–H groups in total. The number of aliphatic hydroxyl groups excluding tert-OH is 1. The average Bonchev–Trinajstić information content (AvgIpc) is 2.61. The van der Waals surface area contributed by atoms with Crippen LogP contribution in [0, 0.1) is 0 Å². The topological polar surface area (TPSA) is 50.7 Å². The lowest BCUT2D eigenvalue weighted by Gasteiger charge is -2.17. The van der Waals surface area contributed by atoms with Crippen LogP contribution >= 0.6 is 27.5 Å². The lowest BCUT2D eigenvalue weighted by atomic mass is 10.1. The van der Waals surface area contributed by atoms with Gasteiger partial charge in [0.1, 0.15) is 6.61 Å². The number of hydrogen-bond donors (Lipinski definition) is 2. The summed E-state index contributed by atoms with van der Waals surface area (Å²) in [5, 5.41) is 12.9. The van der Waals surface area contributed by atoms with E-state index in [1.54, 1.807) is 7.11 Å². The van der Waals surface area contributed by atoms with Crippen molar-refractivity contribution < 1.29 is 14.6 Å². The Balaban J connectivity index is 2.11. The molecule has 0 saturated carbocycles. The zero-order chi connectivity index (χ0) is 18.1. The minimum atomic E-state index is 0.221. The second-order valence-corrected chi connectivity index (χ2v) is 6.87. The van der Waals surface area contributed by atoms with Crippen LogP contribution in [0.5, 0.6) is 11.5 Å². The zero-order valence-electron chi connectivity index (χ0n) is 14.2. The maximum Gasteiger partial charge on any atom is 0.167 e. The third-order valence-electron chi connectivity index (χ3n) is 3.72. The summed E-state index contributed by atoms with van der Waals surface area (Å²) >= 11 is 9.63. The zero-order valence-corrected chi connectivity index (χ0v) is 16.6. The minimum Gasteiger partial charge on any atom is -0.493 e. The van der Waals surface area contributed by atoms with Gasteiger partial charge in [0, 0.05) is 28.2 Å². The lowest BCUT2D eigenvalue weighted by Crippen LogP contribution is -2.16. The number of nitrogens with one attached hydrogen (secondary N) is 1. The molecule has 0 unspecified atom stereocenters. The standard InChI is InChI=1S/C19H23BrClNO3/c1-24-18-8-7-17(20)16(12-22-9-2-3-10-23)19(18)25-13-14-5-4-6-15(21)11-14/h4-8,11,22-23H,2-3,9-10,12-13H2,1H3. The lowest BCUT2D eigenvalue weighted by molar-refractivity contribution is 0.278. The van der Waals surface area contributed by atoms with Gasteiger partial charge in [-0.3, -0.25) is 0 Å². The van der Waals surface area contributed by atoms with Crippen LogP contribution in [0.25, 0.3) is 0 Å². The van der Waals surface area contributed by atoms with Crippen molar-refractivity contribution >= 4 is 27.5 Å². The fourth-order valence-corrected chi connectivity index (χ4v) is 3.09. The van der Waals surface area contributed by atoms with E-state index in [2.05, 4.69) is 21.2 Å². The Bertz CT molecular complexity index is 682. The highest BCUT2D eigenvalue weighted by atomic mass is 79.9. The number of methoxy groups -OCH3 is 1. The summed E-state index contributed by atoms with van der Waals surface area (Å²) in [6.45, 7) is 2.11. The highest BCUT2D eigenvalue weighted by Gasteiger charge is 2.14. The molecule has 4 nitrogen and oxygen atoms in total. The second kappa shape index (κ2) is 10.7. The number of halogens is 2. The van der Waals surface area contributed by atoms with Crippen LogP contribution in [0.3, 0.4) is 0 Å². The Morgan fingerprint density at radius 1 is 1.20 bits per heavy atom. The number of unbranched alkanes of at least 4 members (excludes halogenated alkanes) is 1. The van der Waals surface area contributed by atoms with Gasteiger partial charge < -0.3 is 19.9 Å². The largest absolute Gasteiger partial charge is 0.493 e. The normalized spacial score (nSPS) is 10.7. The van der Waals surface area contributed by atoms with E-state index in [1.807, 2.05) is 36.4 Å².